The first kappa shape index (κ1) is 17.3. The van der Waals surface area contributed by atoms with Crippen LogP contribution in [0.1, 0.15) is 5.56 Å². The van der Waals surface area contributed by atoms with Crippen LogP contribution in [0.3, 0.4) is 0 Å². The molecule has 3 heteroatoms. The molecule has 0 radical (unpaired) electrons. The van der Waals surface area contributed by atoms with Crippen LogP contribution in [0.4, 0.5) is 0 Å². The lowest BCUT2D eigenvalue weighted by Gasteiger charge is -2.11. The van der Waals surface area contributed by atoms with Gasteiger partial charge in [-0.2, -0.15) is 0 Å². The van der Waals surface area contributed by atoms with E-state index in [0.717, 1.165) is 39.1 Å². The molecule has 0 unspecified atom stereocenters. The van der Waals surface area contributed by atoms with Crippen LogP contribution in [0.5, 0.6) is 0 Å². The number of pyridine rings is 3. The maximum absolute atomic E-state index is 4.91. The van der Waals surface area contributed by atoms with Crippen LogP contribution in [-0.2, 0) is 0 Å². The minimum atomic E-state index is 0.844. The molecule has 5 aromatic rings. The molecule has 5 rings (SSSR count). The third-order valence-electron chi connectivity index (χ3n) is 5.10. The van der Waals surface area contributed by atoms with Gasteiger partial charge in [-0.1, -0.05) is 54.6 Å². The Morgan fingerprint density at radius 3 is 2.10 bits per heavy atom. The molecule has 3 nitrogen and oxygen atoms in total. The molecule has 0 fully saturated rings. The largest absolute Gasteiger partial charge is 0.255 e. The molecule has 0 aliphatic heterocycles. The van der Waals surface area contributed by atoms with Gasteiger partial charge in [0.25, 0.3) is 0 Å². The second kappa shape index (κ2) is 7.28. The second-order valence-corrected chi connectivity index (χ2v) is 7.07. The van der Waals surface area contributed by atoms with Gasteiger partial charge in [0.1, 0.15) is 0 Å². The van der Waals surface area contributed by atoms with Gasteiger partial charge in [-0.05, 0) is 59.3 Å². The Morgan fingerprint density at radius 1 is 0.586 bits per heavy atom. The molecule has 138 valence electrons. The van der Waals surface area contributed by atoms with Gasteiger partial charge in [0.15, 0.2) is 0 Å². The van der Waals surface area contributed by atoms with E-state index in [-0.39, 0.29) is 0 Å². The van der Waals surface area contributed by atoms with Crippen molar-refractivity contribution in [2.75, 3.05) is 0 Å². The highest BCUT2D eigenvalue weighted by Crippen LogP contribution is 2.31. The van der Waals surface area contributed by atoms with Crippen molar-refractivity contribution in [1.29, 1.82) is 0 Å². The topological polar surface area (TPSA) is 38.7 Å². The van der Waals surface area contributed by atoms with Gasteiger partial charge in [-0.3, -0.25) is 9.97 Å². The van der Waals surface area contributed by atoms with Crippen LogP contribution in [0.15, 0.2) is 97.3 Å². The van der Waals surface area contributed by atoms with Gasteiger partial charge < -0.3 is 0 Å². The fourth-order valence-corrected chi connectivity index (χ4v) is 3.58. The van der Waals surface area contributed by atoms with E-state index in [2.05, 4.69) is 71.5 Å². The van der Waals surface area contributed by atoms with Crippen LogP contribution in [-0.4, -0.2) is 15.0 Å². The average molecular weight is 373 g/mol. The van der Waals surface area contributed by atoms with E-state index in [4.69, 9.17) is 4.98 Å². The normalized spacial score (nSPS) is 10.9. The van der Waals surface area contributed by atoms with Crippen molar-refractivity contribution in [3.8, 4) is 33.9 Å². The molecule has 0 bridgehead atoms. The van der Waals surface area contributed by atoms with Crippen LogP contribution >= 0.6 is 0 Å². The molecule has 0 atom stereocenters. The van der Waals surface area contributed by atoms with Crippen LogP contribution in [0.2, 0.25) is 0 Å². The summed E-state index contributed by atoms with van der Waals surface area (Å²) >= 11 is 0. The van der Waals surface area contributed by atoms with Crippen molar-refractivity contribution >= 4 is 10.8 Å². The van der Waals surface area contributed by atoms with Gasteiger partial charge >= 0.3 is 0 Å². The summed E-state index contributed by atoms with van der Waals surface area (Å²) in [4.78, 5) is 14.1. The standard InChI is InChI=1S/C26H19N3/c1-18-8-2-5-11-22(18)21-15-25(23-12-6-7-13-27-23)29-26(16-21)24-14-19-9-3-4-10-20(19)17-28-24/h2-17H,1H3. The van der Waals surface area contributed by atoms with E-state index in [1.165, 1.54) is 11.1 Å². The molecule has 3 aromatic heterocycles. The molecule has 0 amide bonds. The van der Waals surface area contributed by atoms with Crippen molar-refractivity contribution in [2.24, 2.45) is 0 Å². The monoisotopic (exact) mass is 373 g/mol. The first-order chi connectivity index (χ1) is 14.3. The lowest BCUT2D eigenvalue weighted by molar-refractivity contribution is 1.22. The van der Waals surface area contributed by atoms with E-state index in [9.17, 15) is 0 Å². The zero-order valence-electron chi connectivity index (χ0n) is 16.1. The summed E-state index contributed by atoms with van der Waals surface area (Å²) in [5.41, 5.74) is 6.93. The maximum atomic E-state index is 4.91. The van der Waals surface area contributed by atoms with E-state index in [1.54, 1.807) is 6.20 Å². The Balaban J connectivity index is 1.73. The van der Waals surface area contributed by atoms with E-state index in [0.29, 0.717) is 0 Å². The molecule has 0 saturated heterocycles. The number of benzene rings is 2. The Kier molecular flexibility index (Phi) is 4.34. The van der Waals surface area contributed by atoms with Crippen molar-refractivity contribution in [2.45, 2.75) is 6.92 Å². The fraction of sp³-hybridized carbons (Fsp3) is 0.0385. The van der Waals surface area contributed by atoms with E-state index in [1.807, 2.05) is 36.5 Å². The van der Waals surface area contributed by atoms with Gasteiger partial charge in [0.2, 0.25) is 0 Å². The van der Waals surface area contributed by atoms with Gasteiger partial charge in [0, 0.05) is 17.8 Å². The second-order valence-electron chi connectivity index (χ2n) is 7.07. The maximum Gasteiger partial charge on any atom is 0.0900 e. The molecule has 0 aliphatic rings. The van der Waals surface area contributed by atoms with Gasteiger partial charge in [0.05, 0.1) is 22.8 Å². The summed E-state index contributed by atoms with van der Waals surface area (Å²) in [6, 6.07) is 28.9. The van der Waals surface area contributed by atoms with Crippen LogP contribution in [0, 0.1) is 6.92 Å². The van der Waals surface area contributed by atoms with Crippen molar-refractivity contribution < 1.29 is 0 Å². The third kappa shape index (κ3) is 3.39. The number of aryl methyl sites for hydroxylation is 1. The van der Waals surface area contributed by atoms with Crippen molar-refractivity contribution in [3.05, 3.63) is 103 Å². The quantitative estimate of drug-likeness (QED) is 0.371. The Hall–Kier alpha value is -3.85. The molecule has 0 saturated carbocycles. The van der Waals surface area contributed by atoms with E-state index < -0.39 is 0 Å². The lowest BCUT2D eigenvalue weighted by Crippen LogP contribution is -1.95. The summed E-state index contributed by atoms with van der Waals surface area (Å²) in [5, 5.41) is 2.27. The number of hydrogen-bond donors (Lipinski definition) is 0. The predicted molar refractivity (Wildman–Crippen MR) is 118 cm³/mol. The molecule has 0 aliphatic carbocycles. The first-order valence-corrected chi connectivity index (χ1v) is 9.62. The SMILES string of the molecule is Cc1ccccc1-c1cc(-c2ccccn2)nc(-c2cc3ccccc3cn2)c1. The van der Waals surface area contributed by atoms with Crippen molar-refractivity contribution in [1.82, 2.24) is 15.0 Å². The molecular formula is C26H19N3. The highest BCUT2D eigenvalue weighted by Gasteiger charge is 2.12. The zero-order chi connectivity index (χ0) is 19.6. The van der Waals surface area contributed by atoms with Crippen molar-refractivity contribution in [3.63, 3.8) is 0 Å². The average Bonchev–Trinajstić information content (AvgIpc) is 2.79. The predicted octanol–water partition coefficient (Wildman–Crippen LogP) is 6.33. The smallest absolute Gasteiger partial charge is 0.0900 e. The molecule has 29 heavy (non-hydrogen) atoms. The summed E-state index contributed by atoms with van der Waals surface area (Å²) in [7, 11) is 0. The zero-order valence-corrected chi connectivity index (χ0v) is 16.1. The van der Waals surface area contributed by atoms with Crippen LogP contribution < -0.4 is 0 Å². The highest BCUT2D eigenvalue weighted by atomic mass is 14.8. The number of rotatable bonds is 3. The van der Waals surface area contributed by atoms with Gasteiger partial charge in [-0.15, -0.1) is 0 Å². The fourth-order valence-electron chi connectivity index (χ4n) is 3.58. The molecule has 2 aromatic carbocycles. The van der Waals surface area contributed by atoms with Crippen LogP contribution in [0.25, 0.3) is 44.7 Å². The molecule has 0 N–H and O–H groups in total. The third-order valence-corrected chi connectivity index (χ3v) is 5.10. The Labute approximate surface area is 169 Å². The number of nitrogens with zero attached hydrogens (tertiary/aromatic N) is 3. The first-order valence-electron chi connectivity index (χ1n) is 9.62. The summed E-state index contributed by atoms with van der Waals surface area (Å²) in [6.07, 6.45) is 3.71. The summed E-state index contributed by atoms with van der Waals surface area (Å²) in [6.45, 7) is 2.13. The lowest BCUT2D eigenvalue weighted by atomic mass is 9.98. The number of aromatic nitrogens is 3. The minimum Gasteiger partial charge on any atom is -0.255 e. The molecular weight excluding hydrogens is 354 g/mol. The highest BCUT2D eigenvalue weighted by molar-refractivity contribution is 5.85. The molecule has 3 heterocycles. The summed E-state index contributed by atoms with van der Waals surface area (Å²) < 4.78 is 0. The number of hydrogen-bond acceptors (Lipinski definition) is 3. The minimum absolute atomic E-state index is 0.844. The van der Waals surface area contributed by atoms with E-state index >= 15 is 0 Å². The Morgan fingerprint density at radius 2 is 1.31 bits per heavy atom. The van der Waals surface area contributed by atoms with Gasteiger partial charge in [-0.25, -0.2) is 4.98 Å². The Bertz CT molecular complexity index is 1310. The number of fused-ring (bicyclic) bond motifs is 1. The molecule has 0 spiro atoms. The summed E-state index contributed by atoms with van der Waals surface area (Å²) in [5.74, 6) is 0.